The Kier molecular flexibility index (Phi) is 7.65. The SMILES string of the molecule is CC[C@@H](CN(C)C)Nc1ccc(C(=O)N2CCC(N3CCOCC3)CC2)cn1. The van der Waals surface area contributed by atoms with Gasteiger partial charge in [0, 0.05) is 51.0 Å². The first kappa shape index (κ1) is 21.0. The van der Waals surface area contributed by atoms with Crippen LogP contribution >= 0.6 is 0 Å². The first-order valence-corrected chi connectivity index (χ1v) is 10.5. The van der Waals surface area contributed by atoms with Crippen LogP contribution in [0, 0.1) is 0 Å². The van der Waals surface area contributed by atoms with Crippen LogP contribution in [0.15, 0.2) is 18.3 Å². The van der Waals surface area contributed by atoms with Crippen molar-refractivity contribution in [1.29, 1.82) is 0 Å². The summed E-state index contributed by atoms with van der Waals surface area (Å²) in [6, 6.07) is 4.75. The van der Waals surface area contributed by atoms with Crippen LogP contribution in [-0.2, 0) is 4.74 Å². The average molecular weight is 390 g/mol. The second-order valence-electron chi connectivity index (χ2n) is 8.12. The first-order chi connectivity index (χ1) is 13.6. The van der Waals surface area contributed by atoms with E-state index >= 15 is 0 Å². The van der Waals surface area contributed by atoms with Crippen LogP contribution in [0.1, 0.15) is 36.5 Å². The van der Waals surface area contributed by atoms with Crippen molar-refractivity contribution in [2.45, 2.75) is 38.3 Å². The number of piperidine rings is 1. The van der Waals surface area contributed by atoms with E-state index in [4.69, 9.17) is 4.74 Å². The fourth-order valence-corrected chi connectivity index (χ4v) is 4.09. The molecule has 3 rings (SSSR count). The van der Waals surface area contributed by atoms with Gasteiger partial charge < -0.3 is 19.9 Å². The number of aromatic nitrogens is 1. The number of nitrogens with one attached hydrogen (secondary N) is 1. The van der Waals surface area contributed by atoms with Crippen molar-refractivity contribution < 1.29 is 9.53 Å². The predicted octanol–water partition coefficient (Wildman–Crippen LogP) is 1.77. The Morgan fingerprint density at radius 2 is 1.96 bits per heavy atom. The number of amides is 1. The molecule has 0 aromatic carbocycles. The molecule has 0 unspecified atom stereocenters. The number of hydrogen-bond acceptors (Lipinski definition) is 6. The molecule has 7 nitrogen and oxygen atoms in total. The summed E-state index contributed by atoms with van der Waals surface area (Å²) in [5, 5.41) is 3.45. The highest BCUT2D eigenvalue weighted by atomic mass is 16.5. The van der Waals surface area contributed by atoms with Crippen molar-refractivity contribution in [1.82, 2.24) is 19.7 Å². The van der Waals surface area contributed by atoms with E-state index in [0.717, 1.165) is 71.0 Å². The molecule has 7 heteroatoms. The maximum absolute atomic E-state index is 12.8. The number of likely N-dealkylation sites (tertiary alicyclic amines) is 1. The van der Waals surface area contributed by atoms with Gasteiger partial charge in [-0.3, -0.25) is 9.69 Å². The minimum Gasteiger partial charge on any atom is -0.379 e. The molecule has 156 valence electrons. The number of ether oxygens (including phenoxy) is 1. The van der Waals surface area contributed by atoms with Crippen molar-refractivity contribution in [3.8, 4) is 0 Å². The lowest BCUT2D eigenvalue weighted by molar-refractivity contribution is 0.00158. The third kappa shape index (κ3) is 5.65. The maximum Gasteiger partial charge on any atom is 0.255 e. The third-order valence-corrected chi connectivity index (χ3v) is 5.75. The number of likely N-dealkylation sites (N-methyl/N-ethyl adjacent to an activating group) is 1. The van der Waals surface area contributed by atoms with Crippen LogP contribution in [0.4, 0.5) is 5.82 Å². The van der Waals surface area contributed by atoms with Gasteiger partial charge in [0.1, 0.15) is 5.82 Å². The molecule has 2 saturated heterocycles. The fourth-order valence-electron chi connectivity index (χ4n) is 4.09. The minimum atomic E-state index is 0.0970. The zero-order chi connectivity index (χ0) is 19.9. The van der Waals surface area contributed by atoms with Crippen LogP contribution in [0.25, 0.3) is 0 Å². The van der Waals surface area contributed by atoms with Crippen molar-refractivity contribution in [2.24, 2.45) is 0 Å². The summed E-state index contributed by atoms with van der Waals surface area (Å²) in [6.07, 6.45) is 4.82. The molecule has 0 radical (unpaired) electrons. The summed E-state index contributed by atoms with van der Waals surface area (Å²) in [5.41, 5.74) is 0.677. The van der Waals surface area contributed by atoms with E-state index in [1.54, 1.807) is 6.20 Å². The molecule has 2 aliphatic rings. The smallest absolute Gasteiger partial charge is 0.255 e. The van der Waals surface area contributed by atoms with Gasteiger partial charge in [0.05, 0.1) is 18.8 Å². The Morgan fingerprint density at radius 3 is 2.54 bits per heavy atom. The maximum atomic E-state index is 12.8. The number of carbonyl (C=O) groups excluding carboxylic acids is 1. The Balaban J connectivity index is 1.50. The average Bonchev–Trinajstić information content (AvgIpc) is 2.74. The van der Waals surface area contributed by atoms with Gasteiger partial charge in [-0.2, -0.15) is 0 Å². The van der Waals surface area contributed by atoms with E-state index in [9.17, 15) is 4.79 Å². The van der Waals surface area contributed by atoms with Crippen LogP contribution < -0.4 is 5.32 Å². The first-order valence-electron chi connectivity index (χ1n) is 10.5. The summed E-state index contributed by atoms with van der Waals surface area (Å²) in [5.74, 6) is 0.927. The van der Waals surface area contributed by atoms with E-state index in [1.807, 2.05) is 17.0 Å². The van der Waals surface area contributed by atoms with E-state index in [1.165, 1.54) is 0 Å². The summed E-state index contributed by atoms with van der Waals surface area (Å²) in [4.78, 5) is 24.0. The summed E-state index contributed by atoms with van der Waals surface area (Å²) < 4.78 is 5.45. The monoisotopic (exact) mass is 389 g/mol. The molecule has 0 bridgehead atoms. The Bertz CT molecular complexity index is 608. The molecule has 1 atom stereocenters. The second-order valence-corrected chi connectivity index (χ2v) is 8.12. The predicted molar refractivity (Wildman–Crippen MR) is 112 cm³/mol. The number of anilines is 1. The molecule has 1 amide bonds. The number of hydrogen-bond donors (Lipinski definition) is 1. The van der Waals surface area contributed by atoms with Gasteiger partial charge in [0.15, 0.2) is 0 Å². The molecule has 2 aliphatic heterocycles. The largest absolute Gasteiger partial charge is 0.379 e. The van der Waals surface area contributed by atoms with E-state index in [0.29, 0.717) is 17.6 Å². The van der Waals surface area contributed by atoms with E-state index in [2.05, 4.69) is 41.1 Å². The Morgan fingerprint density at radius 1 is 1.25 bits per heavy atom. The second kappa shape index (κ2) is 10.2. The molecule has 3 heterocycles. The zero-order valence-corrected chi connectivity index (χ0v) is 17.6. The zero-order valence-electron chi connectivity index (χ0n) is 17.6. The Hall–Kier alpha value is -1.70. The molecule has 1 aromatic heterocycles. The number of nitrogens with zero attached hydrogens (tertiary/aromatic N) is 4. The minimum absolute atomic E-state index is 0.0970. The highest BCUT2D eigenvalue weighted by Crippen LogP contribution is 2.20. The van der Waals surface area contributed by atoms with Crippen LogP contribution in [0.2, 0.25) is 0 Å². The van der Waals surface area contributed by atoms with Gasteiger partial charge in [0.2, 0.25) is 0 Å². The van der Waals surface area contributed by atoms with Crippen molar-refractivity contribution >= 4 is 11.7 Å². The summed E-state index contributed by atoms with van der Waals surface area (Å²) in [7, 11) is 4.14. The molecule has 0 saturated carbocycles. The van der Waals surface area contributed by atoms with Crippen LogP contribution in [-0.4, -0.2) is 97.7 Å². The van der Waals surface area contributed by atoms with E-state index < -0.39 is 0 Å². The van der Waals surface area contributed by atoms with Gasteiger partial charge in [0.25, 0.3) is 5.91 Å². The van der Waals surface area contributed by atoms with Gasteiger partial charge in [-0.15, -0.1) is 0 Å². The molecule has 28 heavy (non-hydrogen) atoms. The number of morpholine rings is 1. The van der Waals surface area contributed by atoms with Gasteiger partial charge >= 0.3 is 0 Å². The lowest BCUT2D eigenvalue weighted by atomic mass is 10.0. The van der Waals surface area contributed by atoms with E-state index in [-0.39, 0.29) is 5.91 Å². The quantitative estimate of drug-likeness (QED) is 0.767. The van der Waals surface area contributed by atoms with Crippen molar-refractivity contribution in [2.75, 3.05) is 65.3 Å². The van der Waals surface area contributed by atoms with Gasteiger partial charge in [-0.1, -0.05) is 6.92 Å². The lowest BCUT2D eigenvalue weighted by Crippen LogP contribution is -2.50. The summed E-state index contributed by atoms with van der Waals surface area (Å²) in [6.45, 7) is 8.46. The van der Waals surface area contributed by atoms with Gasteiger partial charge in [-0.05, 0) is 45.5 Å². The fraction of sp³-hybridized carbons (Fsp3) is 0.714. The molecular weight excluding hydrogens is 354 g/mol. The van der Waals surface area contributed by atoms with Crippen molar-refractivity contribution in [3.63, 3.8) is 0 Å². The number of rotatable bonds is 7. The molecule has 0 spiro atoms. The Labute approximate surface area is 169 Å². The van der Waals surface area contributed by atoms with Crippen molar-refractivity contribution in [3.05, 3.63) is 23.9 Å². The third-order valence-electron chi connectivity index (χ3n) is 5.75. The topological polar surface area (TPSA) is 60.9 Å². The normalized spacial score (nSPS) is 20.4. The van der Waals surface area contributed by atoms with Gasteiger partial charge in [-0.25, -0.2) is 4.98 Å². The number of carbonyl (C=O) groups is 1. The lowest BCUT2D eigenvalue weighted by Gasteiger charge is -2.40. The highest BCUT2D eigenvalue weighted by Gasteiger charge is 2.28. The molecule has 0 aliphatic carbocycles. The molecule has 1 N–H and O–H groups in total. The highest BCUT2D eigenvalue weighted by molar-refractivity contribution is 5.94. The summed E-state index contributed by atoms with van der Waals surface area (Å²) >= 11 is 0. The molecular formula is C21H35N5O2. The number of pyridine rings is 1. The molecule has 1 aromatic rings. The van der Waals surface area contributed by atoms with Crippen LogP contribution in [0.5, 0.6) is 0 Å². The standard InChI is InChI=1S/C21H35N5O2/c1-4-18(16-24(2)3)23-20-6-5-17(15-22-20)21(27)26-9-7-19(8-10-26)25-11-13-28-14-12-25/h5-6,15,18-19H,4,7-14,16H2,1-3H3,(H,22,23)/t18-/m0/s1. The molecule has 2 fully saturated rings. The van der Waals surface area contributed by atoms with Crippen LogP contribution in [0.3, 0.4) is 0 Å².